The highest BCUT2D eigenvalue weighted by atomic mass is 16.3. The van der Waals surface area contributed by atoms with Crippen molar-refractivity contribution in [2.45, 2.75) is 33.2 Å². The first-order valence-corrected chi connectivity index (χ1v) is 6.14. The molecule has 92 valence electrons. The van der Waals surface area contributed by atoms with E-state index < -0.39 is 0 Å². The standard InChI is InChI=1S/C13H24N2O/c1-11(2)7-12(8-14)3-5-15-9-13-4-6-16-10-13/h4,6,10-12,15H,3,5,7-9,14H2,1-2H3. The fourth-order valence-electron chi connectivity index (χ4n) is 1.93. The summed E-state index contributed by atoms with van der Waals surface area (Å²) in [7, 11) is 0. The lowest BCUT2D eigenvalue weighted by atomic mass is 9.94. The lowest BCUT2D eigenvalue weighted by molar-refractivity contribution is 0.385. The van der Waals surface area contributed by atoms with Crippen molar-refractivity contribution in [2.75, 3.05) is 13.1 Å². The predicted octanol–water partition coefficient (Wildman–Crippen LogP) is 2.38. The van der Waals surface area contributed by atoms with E-state index in [-0.39, 0.29) is 0 Å². The normalized spacial score (nSPS) is 13.2. The van der Waals surface area contributed by atoms with Crippen molar-refractivity contribution >= 4 is 0 Å². The van der Waals surface area contributed by atoms with Crippen LogP contribution in [-0.2, 0) is 6.54 Å². The van der Waals surface area contributed by atoms with Gasteiger partial charge in [0.15, 0.2) is 0 Å². The smallest absolute Gasteiger partial charge is 0.0947 e. The van der Waals surface area contributed by atoms with Gasteiger partial charge in [-0.25, -0.2) is 0 Å². The lowest BCUT2D eigenvalue weighted by Crippen LogP contribution is -2.23. The molecule has 0 radical (unpaired) electrons. The van der Waals surface area contributed by atoms with Gasteiger partial charge in [-0.05, 0) is 43.8 Å². The van der Waals surface area contributed by atoms with Crippen LogP contribution in [0.2, 0.25) is 0 Å². The molecule has 0 aliphatic carbocycles. The van der Waals surface area contributed by atoms with Crippen LogP contribution in [0.25, 0.3) is 0 Å². The summed E-state index contributed by atoms with van der Waals surface area (Å²) >= 11 is 0. The third-order valence-corrected chi connectivity index (χ3v) is 2.78. The second-order valence-electron chi connectivity index (χ2n) is 4.83. The Hall–Kier alpha value is -0.800. The number of nitrogens with one attached hydrogen (secondary N) is 1. The second-order valence-corrected chi connectivity index (χ2v) is 4.83. The zero-order chi connectivity index (χ0) is 11.8. The average Bonchev–Trinajstić information content (AvgIpc) is 2.74. The van der Waals surface area contributed by atoms with Gasteiger partial charge in [-0.15, -0.1) is 0 Å². The van der Waals surface area contributed by atoms with Crippen LogP contribution in [0.15, 0.2) is 23.0 Å². The molecule has 1 atom stereocenters. The second kappa shape index (κ2) is 7.47. The summed E-state index contributed by atoms with van der Waals surface area (Å²) in [6.07, 6.45) is 5.87. The zero-order valence-corrected chi connectivity index (χ0v) is 10.4. The van der Waals surface area contributed by atoms with Crippen molar-refractivity contribution in [3.8, 4) is 0 Å². The summed E-state index contributed by atoms with van der Waals surface area (Å²) in [6, 6.07) is 1.99. The molecule has 3 heteroatoms. The van der Waals surface area contributed by atoms with Crippen LogP contribution < -0.4 is 11.1 Å². The van der Waals surface area contributed by atoms with E-state index in [1.807, 2.05) is 6.07 Å². The molecule has 1 rings (SSSR count). The van der Waals surface area contributed by atoms with Gasteiger partial charge in [0.2, 0.25) is 0 Å². The van der Waals surface area contributed by atoms with Crippen molar-refractivity contribution in [3.63, 3.8) is 0 Å². The molecule has 0 amide bonds. The quantitative estimate of drug-likeness (QED) is 0.667. The summed E-state index contributed by atoms with van der Waals surface area (Å²) in [4.78, 5) is 0. The Balaban J connectivity index is 2.09. The number of rotatable bonds is 8. The Morgan fingerprint density at radius 1 is 1.44 bits per heavy atom. The van der Waals surface area contributed by atoms with E-state index in [1.54, 1.807) is 12.5 Å². The molecule has 0 aliphatic rings. The van der Waals surface area contributed by atoms with Gasteiger partial charge in [-0.3, -0.25) is 0 Å². The molecule has 1 aromatic heterocycles. The molecule has 3 nitrogen and oxygen atoms in total. The third-order valence-electron chi connectivity index (χ3n) is 2.78. The fourth-order valence-corrected chi connectivity index (χ4v) is 1.93. The maximum atomic E-state index is 5.76. The fraction of sp³-hybridized carbons (Fsp3) is 0.692. The Morgan fingerprint density at radius 3 is 2.81 bits per heavy atom. The van der Waals surface area contributed by atoms with E-state index in [4.69, 9.17) is 10.2 Å². The van der Waals surface area contributed by atoms with Crippen molar-refractivity contribution in [3.05, 3.63) is 24.2 Å². The molecule has 0 aliphatic heterocycles. The van der Waals surface area contributed by atoms with E-state index in [0.29, 0.717) is 5.92 Å². The van der Waals surface area contributed by atoms with Gasteiger partial charge in [0.25, 0.3) is 0 Å². The van der Waals surface area contributed by atoms with Crippen LogP contribution in [0.5, 0.6) is 0 Å². The van der Waals surface area contributed by atoms with E-state index in [0.717, 1.165) is 32.0 Å². The SMILES string of the molecule is CC(C)CC(CN)CCNCc1ccoc1. The number of nitrogens with two attached hydrogens (primary N) is 1. The Labute approximate surface area is 98.4 Å². The summed E-state index contributed by atoms with van der Waals surface area (Å²) < 4.78 is 5.01. The van der Waals surface area contributed by atoms with Crippen molar-refractivity contribution < 1.29 is 4.42 Å². The largest absolute Gasteiger partial charge is 0.472 e. The van der Waals surface area contributed by atoms with E-state index >= 15 is 0 Å². The van der Waals surface area contributed by atoms with Crippen LogP contribution in [0.3, 0.4) is 0 Å². The average molecular weight is 224 g/mol. The van der Waals surface area contributed by atoms with Crippen molar-refractivity contribution in [1.29, 1.82) is 0 Å². The monoisotopic (exact) mass is 224 g/mol. The zero-order valence-electron chi connectivity index (χ0n) is 10.4. The van der Waals surface area contributed by atoms with Gasteiger partial charge in [0, 0.05) is 12.1 Å². The van der Waals surface area contributed by atoms with E-state index in [1.165, 1.54) is 12.0 Å². The number of hydrogen-bond acceptors (Lipinski definition) is 3. The van der Waals surface area contributed by atoms with Gasteiger partial charge < -0.3 is 15.5 Å². The van der Waals surface area contributed by atoms with Crippen LogP contribution in [0.4, 0.5) is 0 Å². The predicted molar refractivity (Wildman–Crippen MR) is 67.0 cm³/mol. The first kappa shape index (κ1) is 13.3. The third kappa shape index (κ3) is 5.33. The molecule has 0 saturated carbocycles. The van der Waals surface area contributed by atoms with Crippen LogP contribution in [0, 0.1) is 11.8 Å². The topological polar surface area (TPSA) is 51.2 Å². The summed E-state index contributed by atoms with van der Waals surface area (Å²) in [5, 5.41) is 3.41. The van der Waals surface area contributed by atoms with E-state index in [2.05, 4.69) is 19.2 Å². The first-order chi connectivity index (χ1) is 7.72. The lowest BCUT2D eigenvalue weighted by Gasteiger charge is -2.16. The number of furan rings is 1. The molecule has 0 saturated heterocycles. The van der Waals surface area contributed by atoms with Gasteiger partial charge in [0.05, 0.1) is 12.5 Å². The molecule has 0 spiro atoms. The van der Waals surface area contributed by atoms with Gasteiger partial charge in [-0.2, -0.15) is 0 Å². The summed E-state index contributed by atoms with van der Waals surface area (Å²) in [6.45, 7) is 7.21. The molecule has 0 bridgehead atoms. The van der Waals surface area contributed by atoms with Crippen LogP contribution >= 0.6 is 0 Å². The molecule has 1 unspecified atom stereocenters. The molecular weight excluding hydrogens is 200 g/mol. The molecule has 0 fully saturated rings. The molecule has 1 aromatic rings. The minimum absolute atomic E-state index is 0.650. The minimum atomic E-state index is 0.650. The number of hydrogen-bond donors (Lipinski definition) is 2. The minimum Gasteiger partial charge on any atom is -0.472 e. The maximum Gasteiger partial charge on any atom is 0.0947 e. The Kier molecular flexibility index (Phi) is 6.19. The highest BCUT2D eigenvalue weighted by Gasteiger charge is 2.08. The van der Waals surface area contributed by atoms with Gasteiger partial charge in [0.1, 0.15) is 0 Å². The van der Waals surface area contributed by atoms with Gasteiger partial charge in [-0.1, -0.05) is 13.8 Å². The molecular formula is C13H24N2O. The Morgan fingerprint density at radius 2 is 2.25 bits per heavy atom. The van der Waals surface area contributed by atoms with Crippen LogP contribution in [0.1, 0.15) is 32.3 Å². The molecule has 1 heterocycles. The summed E-state index contributed by atoms with van der Waals surface area (Å²) in [5.41, 5.74) is 6.96. The maximum absolute atomic E-state index is 5.76. The Bertz CT molecular complexity index is 257. The molecule has 16 heavy (non-hydrogen) atoms. The highest BCUT2D eigenvalue weighted by Crippen LogP contribution is 2.13. The van der Waals surface area contributed by atoms with Crippen LogP contribution in [-0.4, -0.2) is 13.1 Å². The van der Waals surface area contributed by atoms with Crippen molar-refractivity contribution in [2.24, 2.45) is 17.6 Å². The van der Waals surface area contributed by atoms with Crippen molar-refractivity contribution in [1.82, 2.24) is 5.32 Å². The van der Waals surface area contributed by atoms with Gasteiger partial charge >= 0.3 is 0 Å². The molecule has 0 aromatic carbocycles. The first-order valence-electron chi connectivity index (χ1n) is 6.14. The summed E-state index contributed by atoms with van der Waals surface area (Å²) in [5.74, 6) is 1.39. The molecule has 3 N–H and O–H groups in total. The van der Waals surface area contributed by atoms with E-state index in [9.17, 15) is 0 Å². The highest BCUT2D eigenvalue weighted by molar-refractivity contribution is 5.04.